The van der Waals surface area contributed by atoms with Gasteiger partial charge in [-0.05, 0) is 35.4 Å². The number of ether oxygens (including phenoxy) is 2. The van der Waals surface area contributed by atoms with Gasteiger partial charge in [0.15, 0.2) is 17.1 Å². The van der Waals surface area contributed by atoms with E-state index < -0.39 is 0 Å². The van der Waals surface area contributed by atoms with Gasteiger partial charge in [0.1, 0.15) is 17.9 Å². The first kappa shape index (κ1) is 17.0. The molecule has 0 bridgehead atoms. The molecule has 0 unspecified atom stereocenters. The molecule has 5 heteroatoms. The summed E-state index contributed by atoms with van der Waals surface area (Å²) >= 11 is 0. The molecule has 0 aliphatic carbocycles. The maximum atomic E-state index is 12.2. The quantitative estimate of drug-likeness (QED) is 0.501. The van der Waals surface area contributed by atoms with Crippen LogP contribution in [0.2, 0.25) is 0 Å². The Morgan fingerprint density at radius 3 is 2.59 bits per heavy atom. The van der Waals surface area contributed by atoms with E-state index in [1.165, 1.54) is 20.3 Å². The van der Waals surface area contributed by atoms with Crippen LogP contribution in [0.5, 0.6) is 17.2 Å². The Morgan fingerprint density at radius 2 is 1.85 bits per heavy atom. The molecule has 0 saturated carbocycles. The van der Waals surface area contributed by atoms with Crippen LogP contribution in [0.25, 0.3) is 21.7 Å². The third kappa shape index (κ3) is 2.87. The predicted molar refractivity (Wildman–Crippen MR) is 103 cm³/mol. The highest BCUT2D eigenvalue weighted by molar-refractivity contribution is 6.08. The van der Waals surface area contributed by atoms with Crippen LogP contribution in [0, 0.1) is 0 Å². The number of hydrogen-bond donors (Lipinski definition) is 1. The molecule has 0 fully saturated rings. The Bertz CT molecular complexity index is 1160. The Kier molecular flexibility index (Phi) is 4.20. The third-order valence-electron chi connectivity index (χ3n) is 4.55. The summed E-state index contributed by atoms with van der Waals surface area (Å²) in [4.78, 5) is 12.2. The molecule has 4 aromatic rings. The molecule has 27 heavy (non-hydrogen) atoms. The van der Waals surface area contributed by atoms with Gasteiger partial charge in [0.25, 0.3) is 0 Å². The first-order valence-corrected chi connectivity index (χ1v) is 8.51. The van der Waals surface area contributed by atoms with E-state index in [9.17, 15) is 9.90 Å². The van der Waals surface area contributed by atoms with Crippen LogP contribution in [0.15, 0.2) is 59.2 Å². The van der Waals surface area contributed by atoms with E-state index >= 15 is 0 Å². The minimum Gasteiger partial charge on any atom is -0.504 e. The highest BCUT2D eigenvalue weighted by Crippen LogP contribution is 2.46. The summed E-state index contributed by atoms with van der Waals surface area (Å²) in [5.74, 6) is -0.181. The van der Waals surface area contributed by atoms with Crippen molar-refractivity contribution in [1.82, 2.24) is 0 Å². The molecule has 0 spiro atoms. The number of ketones is 1. The fraction of sp³-hybridized carbons (Fsp3) is 0.136. The maximum Gasteiger partial charge on any atom is 0.205 e. The van der Waals surface area contributed by atoms with E-state index in [1.807, 2.05) is 42.5 Å². The van der Waals surface area contributed by atoms with E-state index in [2.05, 4.69) is 0 Å². The third-order valence-corrected chi connectivity index (χ3v) is 4.55. The van der Waals surface area contributed by atoms with Gasteiger partial charge in [0.2, 0.25) is 5.75 Å². The molecule has 0 aliphatic rings. The van der Waals surface area contributed by atoms with Crippen LogP contribution in [0.3, 0.4) is 0 Å². The molecule has 1 N–H and O–H groups in total. The van der Waals surface area contributed by atoms with Crippen LogP contribution >= 0.6 is 0 Å². The zero-order valence-electron chi connectivity index (χ0n) is 15.0. The number of methoxy groups -OCH3 is 1. The monoisotopic (exact) mass is 362 g/mol. The molecule has 0 amide bonds. The highest BCUT2D eigenvalue weighted by Gasteiger charge is 2.25. The first-order chi connectivity index (χ1) is 13.1. The Balaban J connectivity index is 1.77. The zero-order chi connectivity index (χ0) is 19.0. The van der Waals surface area contributed by atoms with Crippen molar-refractivity contribution >= 4 is 27.5 Å². The molecular weight excluding hydrogens is 344 g/mol. The molecule has 3 aromatic carbocycles. The number of furan rings is 1. The number of phenols is 1. The summed E-state index contributed by atoms with van der Waals surface area (Å²) in [5, 5.41) is 13.3. The molecule has 0 radical (unpaired) electrons. The fourth-order valence-corrected chi connectivity index (χ4v) is 3.28. The van der Waals surface area contributed by atoms with Gasteiger partial charge in [-0.2, -0.15) is 0 Å². The average Bonchev–Trinajstić information content (AvgIpc) is 3.15. The molecule has 4 rings (SSSR count). The van der Waals surface area contributed by atoms with Gasteiger partial charge >= 0.3 is 0 Å². The highest BCUT2D eigenvalue weighted by atomic mass is 16.5. The van der Waals surface area contributed by atoms with Crippen LogP contribution < -0.4 is 9.47 Å². The van der Waals surface area contributed by atoms with E-state index in [0.717, 1.165) is 16.3 Å². The van der Waals surface area contributed by atoms with Gasteiger partial charge in [-0.3, -0.25) is 4.79 Å². The number of hydrogen-bond acceptors (Lipinski definition) is 5. The van der Waals surface area contributed by atoms with Crippen LogP contribution in [-0.4, -0.2) is 18.0 Å². The lowest BCUT2D eigenvalue weighted by Gasteiger charge is -2.15. The minimum absolute atomic E-state index is 0.0848. The number of phenolic OH excluding ortho intramolecular Hbond substituents is 1. The second-order valence-corrected chi connectivity index (χ2v) is 6.28. The van der Waals surface area contributed by atoms with Crippen molar-refractivity contribution in [3.63, 3.8) is 0 Å². The summed E-state index contributed by atoms with van der Waals surface area (Å²) in [6.07, 6.45) is 1.47. The summed E-state index contributed by atoms with van der Waals surface area (Å²) < 4.78 is 16.6. The van der Waals surface area contributed by atoms with Crippen molar-refractivity contribution in [2.24, 2.45) is 0 Å². The number of carbonyl (C=O) groups excluding carboxylic acids is 1. The number of rotatable bonds is 5. The molecular formula is C22H18O5. The van der Waals surface area contributed by atoms with Gasteiger partial charge in [0.05, 0.1) is 18.8 Å². The summed E-state index contributed by atoms with van der Waals surface area (Å²) in [7, 11) is 1.41. The van der Waals surface area contributed by atoms with Gasteiger partial charge in [-0.15, -0.1) is 0 Å². The number of aromatic hydroxyl groups is 1. The lowest BCUT2D eigenvalue weighted by atomic mass is 10.0. The second-order valence-electron chi connectivity index (χ2n) is 6.28. The molecule has 1 heterocycles. The van der Waals surface area contributed by atoms with E-state index in [0.29, 0.717) is 11.0 Å². The Morgan fingerprint density at radius 1 is 1.07 bits per heavy atom. The largest absolute Gasteiger partial charge is 0.504 e. The fourth-order valence-electron chi connectivity index (χ4n) is 3.28. The van der Waals surface area contributed by atoms with Crippen molar-refractivity contribution in [3.05, 3.63) is 65.9 Å². The van der Waals surface area contributed by atoms with Gasteiger partial charge < -0.3 is 19.0 Å². The van der Waals surface area contributed by atoms with Crippen molar-refractivity contribution in [2.45, 2.75) is 13.5 Å². The van der Waals surface area contributed by atoms with E-state index in [4.69, 9.17) is 13.9 Å². The summed E-state index contributed by atoms with van der Waals surface area (Å²) in [6.45, 7) is 1.63. The number of Topliss-reactive ketones (excluding diaryl/α,β-unsaturated/α-hetero) is 1. The minimum atomic E-state index is -0.317. The van der Waals surface area contributed by atoms with Gasteiger partial charge in [0, 0.05) is 0 Å². The molecule has 136 valence electrons. The second kappa shape index (κ2) is 6.68. The zero-order valence-corrected chi connectivity index (χ0v) is 15.0. The molecule has 1 aromatic heterocycles. The number of fused-ring (bicyclic) bond motifs is 2. The van der Waals surface area contributed by atoms with Crippen LogP contribution in [-0.2, 0) is 6.61 Å². The number of benzene rings is 3. The topological polar surface area (TPSA) is 68.9 Å². The first-order valence-electron chi connectivity index (χ1n) is 8.51. The Labute approximate surface area is 155 Å². The number of carbonyl (C=O) groups is 1. The average molecular weight is 362 g/mol. The van der Waals surface area contributed by atoms with Crippen molar-refractivity contribution < 1.29 is 23.8 Å². The van der Waals surface area contributed by atoms with Gasteiger partial charge in [-0.25, -0.2) is 0 Å². The van der Waals surface area contributed by atoms with Crippen LogP contribution in [0.1, 0.15) is 22.8 Å². The summed E-state index contributed by atoms with van der Waals surface area (Å²) in [6, 6.07) is 15.8. The molecule has 0 saturated heterocycles. The smallest absolute Gasteiger partial charge is 0.205 e. The van der Waals surface area contributed by atoms with Crippen molar-refractivity contribution in [1.29, 1.82) is 0 Å². The van der Waals surface area contributed by atoms with E-state index in [-0.39, 0.29) is 35.2 Å². The van der Waals surface area contributed by atoms with Crippen molar-refractivity contribution in [3.8, 4) is 17.2 Å². The van der Waals surface area contributed by atoms with Crippen LogP contribution in [0.4, 0.5) is 0 Å². The SMILES string of the molecule is COc1c(O)c(C(C)=O)c(OCc2ccc3ccccc3c2)c2ccoc12. The maximum absolute atomic E-state index is 12.2. The Hall–Kier alpha value is -3.47. The molecule has 5 nitrogen and oxygen atoms in total. The lowest BCUT2D eigenvalue weighted by molar-refractivity contribution is 0.101. The standard InChI is InChI=1S/C22H18O5/c1-13(23)18-19(24)22(25-2)21-17(9-10-26-21)20(18)27-12-14-7-8-15-5-3-4-6-16(15)11-14/h3-11,24H,12H2,1-2H3. The molecule has 0 aliphatic heterocycles. The molecule has 0 atom stereocenters. The van der Waals surface area contributed by atoms with Gasteiger partial charge in [-0.1, -0.05) is 36.4 Å². The predicted octanol–water partition coefficient (Wildman–Crippen LogP) is 5.08. The van der Waals surface area contributed by atoms with Crippen molar-refractivity contribution in [2.75, 3.05) is 7.11 Å². The normalized spacial score (nSPS) is 11.0. The van der Waals surface area contributed by atoms with E-state index in [1.54, 1.807) is 6.07 Å². The lowest BCUT2D eigenvalue weighted by Crippen LogP contribution is -2.04. The summed E-state index contributed by atoms with van der Waals surface area (Å²) in [5.41, 5.74) is 1.38.